The minimum Gasteiger partial charge on any atom is -0.494 e. The summed E-state index contributed by atoms with van der Waals surface area (Å²) in [5, 5.41) is 2.94. The van der Waals surface area contributed by atoms with Gasteiger partial charge >= 0.3 is 0 Å². The number of ether oxygens (including phenoxy) is 1. The highest BCUT2D eigenvalue weighted by Crippen LogP contribution is 2.27. The Labute approximate surface area is 238 Å². The number of hydrogen-bond acceptors (Lipinski definition) is 5. The van der Waals surface area contributed by atoms with Gasteiger partial charge in [-0.3, -0.25) is 13.9 Å². The number of rotatable bonds is 11. The third-order valence-electron chi connectivity index (χ3n) is 6.31. The number of anilines is 1. The number of nitrogens with zero attached hydrogens (tertiary/aromatic N) is 2. The molecule has 0 aliphatic rings. The number of nitrogens with one attached hydrogen (secondary N) is 1. The molecule has 9 heteroatoms. The Hall–Kier alpha value is -3.85. The molecule has 0 fully saturated rings. The average molecular weight is 566 g/mol. The summed E-state index contributed by atoms with van der Waals surface area (Å²) < 4.78 is 34.3. The molecule has 8 nitrogen and oxygen atoms in total. The molecule has 0 aliphatic carbocycles. The molecule has 3 aromatic carbocycles. The first-order chi connectivity index (χ1) is 18.8. The lowest BCUT2D eigenvalue weighted by molar-refractivity contribution is -0.140. The molecule has 2 amide bonds. The number of amides is 2. The Morgan fingerprint density at radius 3 is 2.10 bits per heavy atom. The Kier molecular flexibility index (Phi) is 9.98. The predicted molar refractivity (Wildman–Crippen MR) is 158 cm³/mol. The Bertz CT molecular complexity index is 1400. The molecule has 214 valence electrons. The molecule has 0 aliphatic heterocycles. The zero-order valence-corrected chi connectivity index (χ0v) is 24.9. The van der Waals surface area contributed by atoms with Crippen molar-refractivity contribution in [3.8, 4) is 5.75 Å². The van der Waals surface area contributed by atoms with Crippen molar-refractivity contribution in [1.82, 2.24) is 10.2 Å². The highest BCUT2D eigenvalue weighted by Gasteiger charge is 2.33. The number of benzene rings is 3. The van der Waals surface area contributed by atoms with E-state index >= 15 is 0 Å². The van der Waals surface area contributed by atoms with Gasteiger partial charge in [-0.05, 0) is 89.1 Å². The smallest absolute Gasteiger partial charge is 0.264 e. The van der Waals surface area contributed by atoms with Crippen LogP contribution < -0.4 is 14.4 Å². The number of sulfonamides is 1. The topological polar surface area (TPSA) is 96.0 Å². The third-order valence-corrected chi connectivity index (χ3v) is 8.10. The van der Waals surface area contributed by atoms with Gasteiger partial charge in [0.1, 0.15) is 18.3 Å². The molecule has 0 spiro atoms. The number of aryl methyl sites for hydroxylation is 1. The Morgan fingerprint density at radius 1 is 0.925 bits per heavy atom. The van der Waals surface area contributed by atoms with E-state index in [1.165, 1.54) is 17.0 Å². The lowest BCUT2D eigenvalue weighted by Gasteiger charge is -2.33. The monoisotopic (exact) mass is 565 g/mol. The summed E-state index contributed by atoms with van der Waals surface area (Å²) in [5.74, 6) is -0.246. The standard InChI is InChI=1S/C31H39N3O5S/c1-7-39-27-19-17-26(18-20-27)34(40(37,38)28-15-9-8-10-16-28)22-29(35)33(21-25-14-12-11-13-23(25)2)24(3)30(36)32-31(4,5)6/h8-20,24H,7,21-22H2,1-6H3,(H,32,36)/t24-/m1/s1. The normalized spacial score (nSPS) is 12.3. The molecule has 0 heterocycles. The first-order valence-corrected chi connectivity index (χ1v) is 14.7. The molecule has 0 aromatic heterocycles. The van der Waals surface area contributed by atoms with Crippen molar-refractivity contribution in [1.29, 1.82) is 0 Å². The Balaban J connectivity index is 2.04. The van der Waals surface area contributed by atoms with E-state index in [0.29, 0.717) is 18.0 Å². The van der Waals surface area contributed by atoms with Crippen molar-refractivity contribution in [2.75, 3.05) is 17.5 Å². The van der Waals surface area contributed by atoms with Crippen LogP contribution in [0.15, 0.2) is 83.8 Å². The summed E-state index contributed by atoms with van der Waals surface area (Å²) in [6.07, 6.45) is 0. The molecule has 0 unspecified atom stereocenters. The van der Waals surface area contributed by atoms with Gasteiger partial charge in [-0.1, -0.05) is 42.5 Å². The minimum absolute atomic E-state index is 0.0562. The van der Waals surface area contributed by atoms with E-state index < -0.39 is 34.1 Å². The summed E-state index contributed by atoms with van der Waals surface area (Å²) >= 11 is 0. The van der Waals surface area contributed by atoms with Crippen molar-refractivity contribution in [2.24, 2.45) is 0 Å². The SMILES string of the molecule is CCOc1ccc(N(CC(=O)N(Cc2ccccc2C)[C@H](C)C(=O)NC(C)(C)C)S(=O)(=O)c2ccccc2)cc1. The highest BCUT2D eigenvalue weighted by molar-refractivity contribution is 7.92. The molecular formula is C31H39N3O5S. The molecule has 0 saturated heterocycles. The van der Waals surface area contributed by atoms with Crippen LogP contribution in [0.4, 0.5) is 5.69 Å². The van der Waals surface area contributed by atoms with Gasteiger partial charge in [-0.25, -0.2) is 8.42 Å². The van der Waals surface area contributed by atoms with E-state index in [0.717, 1.165) is 15.4 Å². The van der Waals surface area contributed by atoms with Crippen molar-refractivity contribution in [3.63, 3.8) is 0 Å². The van der Waals surface area contributed by atoms with Crippen LogP contribution in [0.2, 0.25) is 0 Å². The summed E-state index contributed by atoms with van der Waals surface area (Å²) in [5.41, 5.74) is 1.63. The quantitative estimate of drug-likeness (QED) is 0.356. The fourth-order valence-electron chi connectivity index (χ4n) is 4.15. The summed E-state index contributed by atoms with van der Waals surface area (Å²) in [6.45, 7) is 11.2. The second-order valence-electron chi connectivity index (χ2n) is 10.6. The van der Waals surface area contributed by atoms with E-state index in [4.69, 9.17) is 4.74 Å². The number of hydrogen-bond donors (Lipinski definition) is 1. The minimum atomic E-state index is -4.12. The van der Waals surface area contributed by atoms with Crippen LogP contribution in [0.3, 0.4) is 0 Å². The van der Waals surface area contributed by atoms with E-state index in [2.05, 4.69) is 5.32 Å². The van der Waals surface area contributed by atoms with Crippen LogP contribution in [0.1, 0.15) is 45.7 Å². The molecule has 1 N–H and O–H groups in total. The maximum atomic E-state index is 14.0. The van der Waals surface area contributed by atoms with E-state index in [-0.39, 0.29) is 17.3 Å². The second-order valence-corrected chi connectivity index (χ2v) is 12.5. The Morgan fingerprint density at radius 2 is 1.52 bits per heavy atom. The van der Waals surface area contributed by atoms with Gasteiger partial charge in [0.25, 0.3) is 10.0 Å². The lowest BCUT2D eigenvalue weighted by atomic mass is 10.1. The first-order valence-electron chi connectivity index (χ1n) is 13.3. The zero-order valence-electron chi connectivity index (χ0n) is 24.0. The largest absolute Gasteiger partial charge is 0.494 e. The van der Waals surface area contributed by atoms with Gasteiger partial charge in [0.05, 0.1) is 17.2 Å². The highest BCUT2D eigenvalue weighted by atomic mass is 32.2. The maximum Gasteiger partial charge on any atom is 0.264 e. The van der Waals surface area contributed by atoms with Crippen LogP contribution >= 0.6 is 0 Å². The van der Waals surface area contributed by atoms with E-state index in [1.54, 1.807) is 49.4 Å². The third kappa shape index (κ3) is 7.85. The molecule has 0 bridgehead atoms. The van der Waals surface area contributed by atoms with Crippen molar-refractivity contribution < 1.29 is 22.7 Å². The fraction of sp³-hybridized carbons (Fsp3) is 0.355. The molecule has 3 rings (SSSR count). The molecule has 40 heavy (non-hydrogen) atoms. The van der Waals surface area contributed by atoms with Gasteiger partial charge < -0.3 is 15.0 Å². The van der Waals surface area contributed by atoms with Gasteiger partial charge in [0.2, 0.25) is 11.8 Å². The second kappa shape index (κ2) is 13.0. The van der Waals surface area contributed by atoms with Crippen molar-refractivity contribution in [2.45, 2.75) is 64.6 Å². The van der Waals surface area contributed by atoms with Crippen molar-refractivity contribution in [3.05, 3.63) is 90.0 Å². The van der Waals surface area contributed by atoms with E-state index in [1.807, 2.05) is 58.9 Å². The van der Waals surface area contributed by atoms with Gasteiger partial charge in [0.15, 0.2) is 0 Å². The molecule has 0 saturated carbocycles. The molecule has 1 atom stereocenters. The van der Waals surface area contributed by atoms with Crippen molar-refractivity contribution >= 4 is 27.5 Å². The van der Waals surface area contributed by atoms with Crippen LogP contribution in [-0.4, -0.2) is 49.9 Å². The van der Waals surface area contributed by atoms with E-state index in [9.17, 15) is 18.0 Å². The predicted octanol–water partition coefficient (Wildman–Crippen LogP) is 4.92. The van der Waals surface area contributed by atoms with Crippen LogP contribution in [-0.2, 0) is 26.2 Å². The van der Waals surface area contributed by atoms with Crippen LogP contribution in [0.25, 0.3) is 0 Å². The van der Waals surface area contributed by atoms with Gasteiger partial charge in [-0.2, -0.15) is 0 Å². The summed E-state index contributed by atoms with van der Waals surface area (Å²) in [6, 6.07) is 21.3. The van der Waals surface area contributed by atoms with Crippen LogP contribution in [0, 0.1) is 6.92 Å². The van der Waals surface area contributed by atoms with Gasteiger partial charge in [0, 0.05) is 12.1 Å². The van der Waals surface area contributed by atoms with Gasteiger partial charge in [-0.15, -0.1) is 0 Å². The zero-order chi connectivity index (χ0) is 29.5. The van der Waals surface area contributed by atoms with Crippen LogP contribution in [0.5, 0.6) is 5.75 Å². The molecular weight excluding hydrogens is 526 g/mol. The first kappa shape index (κ1) is 30.7. The lowest BCUT2D eigenvalue weighted by Crippen LogP contribution is -2.54. The number of carbonyl (C=O) groups excluding carboxylic acids is 2. The fourth-order valence-corrected chi connectivity index (χ4v) is 5.59. The average Bonchev–Trinajstić information content (AvgIpc) is 2.91. The summed E-state index contributed by atoms with van der Waals surface area (Å²) in [7, 11) is -4.12. The molecule has 0 radical (unpaired) electrons. The molecule has 3 aromatic rings. The number of carbonyl (C=O) groups is 2. The summed E-state index contributed by atoms with van der Waals surface area (Å²) in [4.78, 5) is 28.7. The maximum absolute atomic E-state index is 14.0.